The highest BCUT2D eigenvalue weighted by molar-refractivity contribution is 9.10. The summed E-state index contributed by atoms with van der Waals surface area (Å²) in [6.07, 6.45) is 1.64. The van der Waals surface area contributed by atoms with Crippen molar-refractivity contribution in [3.8, 4) is 0 Å². The summed E-state index contributed by atoms with van der Waals surface area (Å²) in [7, 11) is 0. The minimum absolute atomic E-state index is 0.246. The maximum absolute atomic E-state index is 10.4. The van der Waals surface area contributed by atoms with E-state index in [2.05, 4.69) is 20.9 Å². The molecule has 4 heteroatoms. The fraction of sp³-hybridized carbons (Fsp3) is 0.250. The number of aryl methyl sites for hydroxylation is 1. The minimum atomic E-state index is -0.246. The van der Waals surface area contributed by atoms with Gasteiger partial charge in [-0.05, 0) is 25.5 Å². The van der Waals surface area contributed by atoms with Crippen molar-refractivity contribution >= 4 is 33.3 Å². The van der Waals surface area contributed by atoms with Crippen LogP contribution in [0.2, 0.25) is 0 Å². The first-order chi connectivity index (χ1) is 7.65. The van der Waals surface area contributed by atoms with E-state index in [1.54, 1.807) is 0 Å². The van der Waals surface area contributed by atoms with Crippen LogP contribution < -0.4 is 0 Å². The van der Waals surface area contributed by atoms with Crippen molar-refractivity contribution in [2.45, 2.75) is 20.0 Å². The third-order valence-corrected chi connectivity index (χ3v) is 3.38. The second-order valence-electron chi connectivity index (χ2n) is 3.73. The Bertz CT molecular complexity index is 533. The van der Waals surface area contributed by atoms with E-state index in [1.165, 1.54) is 5.56 Å². The molecule has 0 aliphatic rings. The zero-order chi connectivity index (χ0) is 11.7. The average Bonchev–Trinajstić information content (AvgIpc) is 2.69. The van der Waals surface area contributed by atoms with Crippen LogP contribution in [-0.4, -0.2) is 11.5 Å². The zero-order valence-corrected chi connectivity index (χ0v) is 10.7. The van der Waals surface area contributed by atoms with Gasteiger partial charge in [-0.15, -0.1) is 0 Å². The van der Waals surface area contributed by atoms with Gasteiger partial charge in [0, 0.05) is 27.1 Å². The summed E-state index contributed by atoms with van der Waals surface area (Å²) in [5.74, 6) is 0. The van der Waals surface area contributed by atoms with Gasteiger partial charge in [0.25, 0.3) is 6.47 Å². The fourth-order valence-electron chi connectivity index (χ4n) is 1.85. The first-order valence-electron chi connectivity index (χ1n) is 5.00. The Labute approximate surface area is 102 Å². The highest BCUT2D eigenvalue weighted by Gasteiger charge is 2.15. The Morgan fingerprint density at radius 1 is 1.50 bits per heavy atom. The van der Waals surface area contributed by atoms with E-state index in [0.29, 0.717) is 6.47 Å². The van der Waals surface area contributed by atoms with Gasteiger partial charge in [-0.2, -0.15) is 0 Å². The van der Waals surface area contributed by atoms with Crippen LogP contribution in [0.25, 0.3) is 10.9 Å². The quantitative estimate of drug-likeness (QED) is 0.876. The lowest BCUT2D eigenvalue weighted by molar-refractivity contribution is -0.133. The predicted molar refractivity (Wildman–Crippen MR) is 66.3 cm³/mol. The molecule has 1 N–H and O–H groups in total. The second kappa shape index (κ2) is 4.29. The van der Waals surface area contributed by atoms with Gasteiger partial charge in [-0.3, -0.25) is 4.79 Å². The van der Waals surface area contributed by atoms with E-state index < -0.39 is 0 Å². The van der Waals surface area contributed by atoms with Crippen molar-refractivity contribution in [1.29, 1.82) is 0 Å². The van der Waals surface area contributed by atoms with Crippen LogP contribution in [-0.2, 0) is 9.53 Å². The number of rotatable bonds is 3. The smallest absolute Gasteiger partial charge is 0.293 e. The molecule has 2 rings (SSSR count). The van der Waals surface area contributed by atoms with Gasteiger partial charge < -0.3 is 9.72 Å². The van der Waals surface area contributed by atoms with Gasteiger partial charge in [-0.1, -0.05) is 22.0 Å². The number of halogens is 1. The highest BCUT2D eigenvalue weighted by Crippen LogP contribution is 2.33. The monoisotopic (exact) mass is 281 g/mol. The fourth-order valence-corrected chi connectivity index (χ4v) is 2.41. The summed E-state index contributed by atoms with van der Waals surface area (Å²) in [5, 5.41) is 1.08. The van der Waals surface area contributed by atoms with Crippen molar-refractivity contribution in [3.05, 3.63) is 33.9 Å². The van der Waals surface area contributed by atoms with Gasteiger partial charge >= 0.3 is 0 Å². The van der Waals surface area contributed by atoms with Crippen molar-refractivity contribution in [3.63, 3.8) is 0 Å². The molecule has 3 nitrogen and oxygen atoms in total. The molecule has 0 saturated heterocycles. The number of carbonyl (C=O) groups is 1. The summed E-state index contributed by atoms with van der Waals surface area (Å²) in [5.41, 5.74) is 3.23. The molecule has 1 heterocycles. The zero-order valence-electron chi connectivity index (χ0n) is 9.08. The van der Waals surface area contributed by atoms with Gasteiger partial charge in [0.15, 0.2) is 0 Å². The number of hydrogen-bond donors (Lipinski definition) is 1. The largest absolute Gasteiger partial charge is 0.460 e. The first kappa shape index (κ1) is 11.2. The Morgan fingerprint density at radius 3 is 2.94 bits per heavy atom. The number of aromatic amines is 1. The molecule has 0 fully saturated rings. The summed E-state index contributed by atoms with van der Waals surface area (Å²) in [4.78, 5) is 13.6. The molecule has 84 valence electrons. The maximum atomic E-state index is 10.4. The third-order valence-electron chi connectivity index (χ3n) is 2.72. The molecule has 2 aromatic rings. The van der Waals surface area contributed by atoms with Crippen LogP contribution in [0.4, 0.5) is 0 Å². The number of benzene rings is 1. The van der Waals surface area contributed by atoms with E-state index in [0.717, 1.165) is 20.9 Å². The molecule has 1 unspecified atom stereocenters. The second-order valence-corrected chi connectivity index (χ2v) is 4.59. The molecule has 0 bridgehead atoms. The van der Waals surface area contributed by atoms with Gasteiger partial charge in [0.05, 0.1) is 0 Å². The van der Waals surface area contributed by atoms with Crippen molar-refractivity contribution in [2.24, 2.45) is 0 Å². The van der Waals surface area contributed by atoms with Gasteiger partial charge in [0.2, 0.25) is 0 Å². The molecule has 1 aromatic carbocycles. The predicted octanol–water partition coefficient (Wildman–Crippen LogP) is 3.47. The first-order valence-corrected chi connectivity index (χ1v) is 5.79. The Hall–Kier alpha value is -1.29. The summed E-state index contributed by atoms with van der Waals surface area (Å²) in [6.45, 7) is 4.37. The maximum Gasteiger partial charge on any atom is 0.293 e. The lowest BCUT2D eigenvalue weighted by Gasteiger charge is -2.09. The van der Waals surface area contributed by atoms with Crippen molar-refractivity contribution in [1.82, 2.24) is 4.98 Å². The minimum Gasteiger partial charge on any atom is -0.460 e. The molecule has 0 aliphatic carbocycles. The molecule has 0 saturated carbocycles. The Kier molecular flexibility index (Phi) is 3.01. The standard InChI is InChI=1S/C12H12BrNO2/c1-7-3-4-10(13)11-9(5-14-12(7)11)8(2)16-6-15/h3-6,8,14H,1-2H3. The van der Waals surface area contributed by atoms with Crippen LogP contribution in [0.3, 0.4) is 0 Å². The van der Waals surface area contributed by atoms with Crippen LogP contribution in [0.5, 0.6) is 0 Å². The number of hydrogen-bond acceptors (Lipinski definition) is 2. The number of H-pyrrole nitrogens is 1. The van der Waals surface area contributed by atoms with E-state index in [1.807, 2.05) is 32.2 Å². The Morgan fingerprint density at radius 2 is 2.25 bits per heavy atom. The van der Waals surface area contributed by atoms with E-state index in [9.17, 15) is 4.79 Å². The topological polar surface area (TPSA) is 42.1 Å². The Balaban J connectivity index is 2.63. The molecule has 0 radical (unpaired) electrons. The third kappa shape index (κ3) is 1.73. The molecule has 0 aliphatic heterocycles. The average molecular weight is 282 g/mol. The van der Waals surface area contributed by atoms with E-state index in [4.69, 9.17) is 4.74 Å². The van der Waals surface area contributed by atoms with E-state index >= 15 is 0 Å². The molecule has 16 heavy (non-hydrogen) atoms. The summed E-state index contributed by atoms with van der Waals surface area (Å²) in [6, 6.07) is 4.04. The molecular weight excluding hydrogens is 270 g/mol. The SMILES string of the molecule is Cc1ccc(Br)c2c(C(C)OC=O)c[nH]c12. The molecule has 1 atom stereocenters. The van der Waals surface area contributed by atoms with Crippen LogP contribution in [0, 0.1) is 6.92 Å². The molecule has 0 amide bonds. The summed E-state index contributed by atoms with van der Waals surface area (Å²) < 4.78 is 5.97. The highest BCUT2D eigenvalue weighted by atomic mass is 79.9. The van der Waals surface area contributed by atoms with Crippen LogP contribution >= 0.6 is 15.9 Å². The summed E-state index contributed by atoms with van der Waals surface area (Å²) >= 11 is 3.52. The normalized spacial score (nSPS) is 12.7. The number of ether oxygens (including phenoxy) is 1. The number of aromatic nitrogens is 1. The van der Waals surface area contributed by atoms with Gasteiger partial charge in [0.1, 0.15) is 6.10 Å². The van der Waals surface area contributed by atoms with E-state index in [-0.39, 0.29) is 6.10 Å². The number of fused-ring (bicyclic) bond motifs is 1. The van der Waals surface area contributed by atoms with Crippen molar-refractivity contribution in [2.75, 3.05) is 0 Å². The number of nitrogens with one attached hydrogen (secondary N) is 1. The lowest BCUT2D eigenvalue weighted by Crippen LogP contribution is -1.97. The molecule has 0 spiro atoms. The lowest BCUT2D eigenvalue weighted by atomic mass is 10.1. The molecule has 1 aromatic heterocycles. The molecular formula is C12H12BrNO2. The number of carbonyl (C=O) groups excluding carboxylic acids is 1. The van der Waals surface area contributed by atoms with Gasteiger partial charge in [-0.25, -0.2) is 0 Å². The van der Waals surface area contributed by atoms with Crippen LogP contribution in [0.15, 0.2) is 22.8 Å². The van der Waals surface area contributed by atoms with Crippen molar-refractivity contribution < 1.29 is 9.53 Å². The van der Waals surface area contributed by atoms with Crippen LogP contribution in [0.1, 0.15) is 24.2 Å².